The number of alkyl halides is 3. The third kappa shape index (κ3) is 7.92. The fraction of sp³-hybridized carbons (Fsp3) is 0.321. The highest BCUT2D eigenvalue weighted by Gasteiger charge is 2.36. The van der Waals surface area contributed by atoms with Gasteiger partial charge in [0.25, 0.3) is 0 Å². The number of methoxy groups -OCH3 is 1. The minimum Gasteiger partial charge on any atom is -0.489 e. The van der Waals surface area contributed by atoms with Gasteiger partial charge in [-0.25, -0.2) is 8.42 Å². The lowest BCUT2D eigenvalue weighted by Crippen LogP contribution is -2.48. The molecule has 0 aromatic heterocycles. The maximum Gasteiger partial charge on any atom is 0.417 e. The second-order valence-electron chi connectivity index (χ2n) is 9.43. The van der Waals surface area contributed by atoms with E-state index in [4.69, 9.17) is 32.7 Å². The molecule has 0 unspecified atom stereocenters. The first-order valence-electron chi connectivity index (χ1n) is 12.5. The number of sulfonamides is 1. The van der Waals surface area contributed by atoms with Crippen molar-refractivity contribution in [2.24, 2.45) is 0 Å². The van der Waals surface area contributed by atoms with Crippen LogP contribution in [0, 0.1) is 0 Å². The first kappa shape index (κ1) is 31.1. The summed E-state index contributed by atoms with van der Waals surface area (Å²) < 4.78 is 78.2. The third-order valence-electron chi connectivity index (χ3n) is 6.61. The van der Waals surface area contributed by atoms with Gasteiger partial charge in [0.1, 0.15) is 12.4 Å². The van der Waals surface area contributed by atoms with Gasteiger partial charge in [-0.3, -0.25) is 9.69 Å². The SMILES string of the molecule is COC(=O)Cc1ccc(OCc2ccc(Cl)cc2)c(CN2CCN(S(=O)(=O)c3ccc(Cl)c(C(F)(F)F)c3)CC2)c1. The minimum absolute atomic E-state index is 0.0774. The molecule has 1 fully saturated rings. The number of nitrogens with zero attached hydrogens (tertiary/aromatic N) is 2. The van der Waals surface area contributed by atoms with Crippen LogP contribution < -0.4 is 4.74 Å². The molecule has 0 saturated carbocycles. The molecule has 0 amide bonds. The molecule has 1 heterocycles. The van der Waals surface area contributed by atoms with Crippen molar-refractivity contribution in [1.82, 2.24) is 9.21 Å². The Morgan fingerprint density at radius 1 is 0.927 bits per heavy atom. The van der Waals surface area contributed by atoms with Crippen LogP contribution in [0.3, 0.4) is 0 Å². The molecule has 0 spiro atoms. The molecule has 0 aliphatic carbocycles. The Bertz CT molecular complexity index is 1490. The number of piperazine rings is 1. The van der Waals surface area contributed by atoms with Gasteiger partial charge >= 0.3 is 12.1 Å². The first-order chi connectivity index (χ1) is 19.4. The van der Waals surface area contributed by atoms with E-state index in [0.717, 1.165) is 28.8 Å². The first-order valence-corrected chi connectivity index (χ1v) is 14.7. The van der Waals surface area contributed by atoms with Gasteiger partial charge < -0.3 is 9.47 Å². The molecule has 220 valence electrons. The fourth-order valence-electron chi connectivity index (χ4n) is 4.39. The Kier molecular flexibility index (Phi) is 9.86. The standard InChI is InChI=1S/C28H27Cl2F3N2O5S/c1-39-27(36)15-20-4-9-26(40-18-19-2-5-22(29)6-3-19)21(14-20)17-34-10-12-35(13-11-34)41(37,38)23-7-8-25(30)24(16-23)28(31,32)33/h2-9,14,16H,10-13,15,17-18H2,1H3. The molecule has 7 nitrogen and oxygen atoms in total. The summed E-state index contributed by atoms with van der Waals surface area (Å²) in [6.45, 7) is 1.50. The van der Waals surface area contributed by atoms with Gasteiger partial charge in [-0.15, -0.1) is 0 Å². The van der Waals surface area contributed by atoms with Crippen molar-refractivity contribution in [3.05, 3.63) is 93.0 Å². The Labute approximate surface area is 246 Å². The van der Waals surface area contributed by atoms with E-state index in [1.54, 1.807) is 24.3 Å². The lowest BCUT2D eigenvalue weighted by atomic mass is 10.1. The highest BCUT2D eigenvalue weighted by Crippen LogP contribution is 2.36. The van der Waals surface area contributed by atoms with Crippen molar-refractivity contribution in [2.75, 3.05) is 33.3 Å². The molecule has 0 bridgehead atoms. The summed E-state index contributed by atoms with van der Waals surface area (Å²) in [6.07, 6.45) is -4.70. The molecule has 0 radical (unpaired) electrons. The van der Waals surface area contributed by atoms with Crippen LogP contribution in [0.1, 0.15) is 22.3 Å². The lowest BCUT2D eigenvalue weighted by Gasteiger charge is -2.34. The van der Waals surface area contributed by atoms with Crippen molar-refractivity contribution >= 4 is 39.2 Å². The van der Waals surface area contributed by atoms with E-state index in [-0.39, 0.29) is 32.1 Å². The molecule has 3 aromatic rings. The van der Waals surface area contributed by atoms with Crippen molar-refractivity contribution in [1.29, 1.82) is 0 Å². The van der Waals surface area contributed by atoms with E-state index in [0.29, 0.717) is 36.5 Å². The van der Waals surface area contributed by atoms with Crippen molar-refractivity contribution in [3.8, 4) is 5.75 Å². The molecule has 1 saturated heterocycles. The van der Waals surface area contributed by atoms with E-state index in [1.165, 1.54) is 11.4 Å². The molecule has 0 atom stereocenters. The number of ether oxygens (including phenoxy) is 2. The van der Waals surface area contributed by atoms with E-state index < -0.39 is 31.7 Å². The van der Waals surface area contributed by atoms with E-state index in [1.807, 2.05) is 23.1 Å². The third-order valence-corrected chi connectivity index (χ3v) is 9.09. The predicted octanol–water partition coefficient (Wildman–Crippen LogP) is 5.81. The Morgan fingerprint density at radius 2 is 1.59 bits per heavy atom. The van der Waals surface area contributed by atoms with Crippen LogP contribution in [0.5, 0.6) is 5.75 Å². The lowest BCUT2D eigenvalue weighted by molar-refractivity contribution is -0.140. The highest BCUT2D eigenvalue weighted by atomic mass is 35.5. The number of benzene rings is 3. The summed E-state index contributed by atoms with van der Waals surface area (Å²) in [4.78, 5) is 13.4. The average molecular weight is 632 g/mol. The number of carbonyl (C=O) groups excluding carboxylic acids is 1. The maximum absolute atomic E-state index is 13.3. The summed E-state index contributed by atoms with van der Waals surface area (Å²) >= 11 is 11.6. The van der Waals surface area contributed by atoms with Crippen LogP contribution in [-0.4, -0.2) is 56.9 Å². The van der Waals surface area contributed by atoms with E-state index in [2.05, 4.69) is 0 Å². The van der Waals surface area contributed by atoms with Gasteiger partial charge in [0.05, 0.1) is 29.0 Å². The van der Waals surface area contributed by atoms with E-state index >= 15 is 0 Å². The van der Waals surface area contributed by atoms with Crippen LogP contribution in [0.25, 0.3) is 0 Å². The van der Waals surface area contributed by atoms with Crippen LogP contribution >= 0.6 is 23.2 Å². The number of esters is 1. The Hall–Kier alpha value is -2.83. The summed E-state index contributed by atoms with van der Waals surface area (Å²) in [5, 5.41) is 0.0457. The molecule has 1 aliphatic rings. The molecule has 0 N–H and O–H groups in total. The van der Waals surface area contributed by atoms with Crippen molar-refractivity contribution in [3.63, 3.8) is 0 Å². The van der Waals surface area contributed by atoms with Crippen LogP contribution in [0.4, 0.5) is 13.2 Å². The van der Waals surface area contributed by atoms with Crippen LogP contribution in [0.2, 0.25) is 10.0 Å². The Morgan fingerprint density at radius 3 is 2.22 bits per heavy atom. The zero-order chi connectivity index (χ0) is 29.8. The summed E-state index contributed by atoms with van der Waals surface area (Å²) in [7, 11) is -2.86. The molecular formula is C28H27Cl2F3N2O5S. The second kappa shape index (κ2) is 13.0. The molecule has 13 heteroatoms. The van der Waals surface area contributed by atoms with Gasteiger partial charge in [-0.1, -0.05) is 47.5 Å². The number of hydrogen-bond donors (Lipinski definition) is 0. The fourth-order valence-corrected chi connectivity index (χ4v) is 6.19. The number of rotatable bonds is 9. The van der Waals surface area contributed by atoms with Gasteiger partial charge in [-0.05, 0) is 47.5 Å². The van der Waals surface area contributed by atoms with Gasteiger partial charge in [0.2, 0.25) is 10.0 Å². The quantitative estimate of drug-likeness (QED) is 0.278. The molecule has 4 rings (SSSR count). The summed E-state index contributed by atoms with van der Waals surface area (Å²) in [6, 6.07) is 15.2. The number of carbonyl (C=O) groups is 1. The van der Waals surface area contributed by atoms with Crippen LogP contribution in [-0.2, 0) is 45.3 Å². The monoisotopic (exact) mass is 630 g/mol. The van der Waals surface area contributed by atoms with Crippen LogP contribution in [0.15, 0.2) is 65.6 Å². The molecular weight excluding hydrogens is 604 g/mol. The average Bonchev–Trinajstić information content (AvgIpc) is 2.93. The van der Waals surface area contributed by atoms with Gasteiger partial charge in [0.15, 0.2) is 0 Å². The van der Waals surface area contributed by atoms with Crippen molar-refractivity contribution < 1.29 is 35.9 Å². The van der Waals surface area contributed by atoms with E-state index in [9.17, 15) is 26.4 Å². The maximum atomic E-state index is 13.3. The zero-order valence-electron chi connectivity index (χ0n) is 22.0. The van der Waals surface area contributed by atoms with Gasteiger partial charge in [0, 0.05) is 43.3 Å². The largest absolute Gasteiger partial charge is 0.489 e. The molecule has 1 aliphatic heterocycles. The van der Waals surface area contributed by atoms with Crippen molar-refractivity contribution in [2.45, 2.75) is 30.6 Å². The highest BCUT2D eigenvalue weighted by molar-refractivity contribution is 7.89. The predicted molar refractivity (Wildman–Crippen MR) is 148 cm³/mol. The smallest absolute Gasteiger partial charge is 0.417 e. The number of halogens is 5. The molecule has 41 heavy (non-hydrogen) atoms. The summed E-state index contributed by atoms with van der Waals surface area (Å²) in [5.41, 5.74) is 1.24. The normalized spacial score (nSPS) is 15.1. The zero-order valence-corrected chi connectivity index (χ0v) is 24.3. The second-order valence-corrected chi connectivity index (χ2v) is 12.2. The minimum atomic E-state index is -4.78. The topological polar surface area (TPSA) is 76.2 Å². The number of hydrogen-bond acceptors (Lipinski definition) is 6. The van der Waals surface area contributed by atoms with Gasteiger partial charge in [-0.2, -0.15) is 17.5 Å². The molecule has 3 aromatic carbocycles. The Balaban J connectivity index is 1.47. The summed E-state index contributed by atoms with van der Waals surface area (Å²) in [5.74, 6) is 0.213.